The Morgan fingerprint density at radius 1 is 1.07 bits per heavy atom. The maximum Gasteiger partial charge on any atom is 0.223 e. The molecule has 3 fully saturated rings. The van der Waals surface area contributed by atoms with Gasteiger partial charge in [-0.15, -0.1) is 0 Å². The SMILES string of the molecule is CC(=O)N1CC2(CCN(CC3CCC4CCCC(C4)C3)CC2)c2cc(C)ccc21. The van der Waals surface area contributed by atoms with Gasteiger partial charge in [0.1, 0.15) is 0 Å². The Kier molecular flexibility index (Phi) is 5.22. The fourth-order valence-corrected chi connectivity index (χ4v) is 7.13. The highest BCUT2D eigenvalue weighted by molar-refractivity contribution is 5.94. The van der Waals surface area contributed by atoms with Gasteiger partial charge in [0.2, 0.25) is 5.91 Å². The summed E-state index contributed by atoms with van der Waals surface area (Å²) in [7, 11) is 0. The summed E-state index contributed by atoms with van der Waals surface area (Å²) in [5, 5.41) is 0. The van der Waals surface area contributed by atoms with Crippen LogP contribution < -0.4 is 4.90 Å². The predicted octanol–water partition coefficient (Wildman–Crippen LogP) is 5.30. The van der Waals surface area contributed by atoms with E-state index in [0.717, 1.165) is 24.3 Å². The number of aryl methyl sites for hydroxylation is 1. The fourth-order valence-electron chi connectivity index (χ4n) is 7.13. The summed E-state index contributed by atoms with van der Waals surface area (Å²) in [4.78, 5) is 17.1. The average Bonchev–Trinajstić information content (AvgIpc) is 2.94. The van der Waals surface area contributed by atoms with E-state index in [-0.39, 0.29) is 11.3 Å². The van der Waals surface area contributed by atoms with Gasteiger partial charge in [0.25, 0.3) is 0 Å². The summed E-state index contributed by atoms with van der Waals surface area (Å²) in [6.07, 6.45) is 12.8. The molecule has 2 heterocycles. The van der Waals surface area contributed by atoms with Crippen LogP contribution in [0.4, 0.5) is 5.69 Å². The molecule has 158 valence electrons. The van der Waals surface area contributed by atoms with Crippen LogP contribution in [0.2, 0.25) is 0 Å². The third kappa shape index (κ3) is 3.76. The second kappa shape index (κ2) is 7.72. The summed E-state index contributed by atoms with van der Waals surface area (Å²) in [6.45, 7) is 8.51. The third-order valence-corrected chi connectivity index (χ3v) is 8.73. The first-order chi connectivity index (χ1) is 14.0. The fraction of sp³-hybridized carbons (Fsp3) is 0.731. The second-order valence-electron chi connectivity index (χ2n) is 10.8. The molecule has 2 aliphatic heterocycles. The highest BCUT2D eigenvalue weighted by Crippen LogP contribution is 2.48. The quantitative estimate of drug-likeness (QED) is 0.679. The smallest absolute Gasteiger partial charge is 0.223 e. The highest BCUT2D eigenvalue weighted by atomic mass is 16.2. The molecular formula is C26H38N2O. The Hall–Kier alpha value is -1.35. The van der Waals surface area contributed by atoms with Gasteiger partial charge >= 0.3 is 0 Å². The number of fused-ring (bicyclic) bond motifs is 4. The maximum atomic E-state index is 12.3. The number of piperidine rings is 1. The number of rotatable bonds is 2. The molecule has 2 bridgehead atoms. The van der Waals surface area contributed by atoms with Crippen LogP contribution in [-0.4, -0.2) is 37.0 Å². The first kappa shape index (κ1) is 19.6. The number of amides is 1. The van der Waals surface area contributed by atoms with E-state index in [1.165, 1.54) is 94.2 Å². The van der Waals surface area contributed by atoms with Gasteiger partial charge < -0.3 is 9.80 Å². The molecule has 3 nitrogen and oxygen atoms in total. The molecule has 2 saturated carbocycles. The van der Waals surface area contributed by atoms with Gasteiger partial charge in [0, 0.05) is 31.1 Å². The predicted molar refractivity (Wildman–Crippen MR) is 119 cm³/mol. The standard InChI is InChI=1S/C26H38N2O/c1-19-6-9-25-24(14-19)26(18-28(25)20(2)29)10-12-27(13-11-26)17-23-8-7-21-4-3-5-22(15-21)16-23/h6,9,14,21-23H,3-5,7-8,10-13,15-18H2,1-2H3. The summed E-state index contributed by atoms with van der Waals surface area (Å²) in [6, 6.07) is 6.70. The molecule has 3 atom stereocenters. The van der Waals surface area contributed by atoms with Gasteiger partial charge in [-0.2, -0.15) is 0 Å². The summed E-state index contributed by atoms with van der Waals surface area (Å²) >= 11 is 0. The molecule has 0 N–H and O–H groups in total. The van der Waals surface area contributed by atoms with Crippen LogP contribution in [0.15, 0.2) is 18.2 Å². The highest BCUT2D eigenvalue weighted by Gasteiger charge is 2.46. The molecule has 1 amide bonds. The zero-order chi connectivity index (χ0) is 20.0. The molecule has 3 heteroatoms. The van der Waals surface area contributed by atoms with E-state index in [1.54, 1.807) is 6.92 Å². The van der Waals surface area contributed by atoms with Crippen LogP contribution in [0.3, 0.4) is 0 Å². The molecule has 29 heavy (non-hydrogen) atoms. The van der Waals surface area contributed by atoms with Crippen molar-refractivity contribution in [2.75, 3.05) is 31.1 Å². The van der Waals surface area contributed by atoms with Crippen molar-refractivity contribution in [1.82, 2.24) is 4.90 Å². The largest absolute Gasteiger partial charge is 0.311 e. The van der Waals surface area contributed by atoms with Crippen molar-refractivity contribution in [2.24, 2.45) is 17.8 Å². The first-order valence-corrected chi connectivity index (χ1v) is 12.1. The Morgan fingerprint density at radius 2 is 1.86 bits per heavy atom. The number of likely N-dealkylation sites (tertiary alicyclic amines) is 1. The lowest BCUT2D eigenvalue weighted by molar-refractivity contribution is -0.116. The topological polar surface area (TPSA) is 23.6 Å². The molecule has 1 spiro atoms. The molecule has 0 radical (unpaired) electrons. The van der Waals surface area contributed by atoms with Crippen molar-refractivity contribution < 1.29 is 4.79 Å². The maximum absolute atomic E-state index is 12.3. The first-order valence-electron chi connectivity index (χ1n) is 12.1. The van der Waals surface area contributed by atoms with E-state index >= 15 is 0 Å². The summed E-state index contributed by atoms with van der Waals surface area (Å²) in [5.74, 6) is 3.17. The van der Waals surface area contributed by atoms with Gasteiger partial charge in [-0.05, 0) is 81.5 Å². The third-order valence-electron chi connectivity index (χ3n) is 8.73. The number of carbonyl (C=O) groups is 1. The minimum atomic E-state index is 0.184. The Morgan fingerprint density at radius 3 is 2.66 bits per heavy atom. The normalized spacial score (nSPS) is 31.5. The van der Waals surface area contributed by atoms with Crippen LogP contribution in [0.25, 0.3) is 0 Å². The van der Waals surface area contributed by atoms with E-state index in [4.69, 9.17) is 0 Å². The van der Waals surface area contributed by atoms with Crippen LogP contribution in [0, 0.1) is 24.7 Å². The van der Waals surface area contributed by atoms with Crippen LogP contribution in [0.1, 0.15) is 75.8 Å². The van der Waals surface area contributed by atoms with Crippen molar-refractivity contribution in [1.29, 1.82) is 0 Å². The summed E-state index contributed by atoms with van der Waals surface area (Å²) in [5.41, 5.74) is 4.12. The van der Waals surface area contributed by atoms with Crippen LogP contribution >= 0.6 is 0 Å². The Bertz CT molecular complexity index is 764. The number of anilines is 1. The van der Waals surface area contributed by atoms with Gasteiger partial charge in [0.15, 0.2) is 0 Å². The summed E-state index contributed by atoms with van der Waals surface area (Å²) < 4.78 is 0. The zero-order valence-electron chi connectivity index (χ0n) is 18.5. The van der Waals surface area contributed by atoms with Crippen LogP contribution in [-0.2, 0) is 10.2 Å². The van der Waals surface area contributed by atoms with Gasteiger partial charge in [-0.1, -0.05) is 43.4 Å². The lowest BCUT2D eigenvalue weighted by atomic mass is 9.73. The number of hydrogen-bond donors (Lipinski definition) is 0. The molecular weight excluding hydrogens is 356 g/mol. The lowest BCUT2D eigenvalue weighted by Gasteiger charge is -2.41. The van der Waals surface area contributed by atoms with E-state index in [0.29, 0.717) is 0 Å². The van der Waals surface area contributed by atoms with Crippen molar-refractivity contribution >= 4 is 11.6 Å². The van der Waals surface area contributed by atoms with Gasteiger partial charge in [0.05, 0.1) is 0 Å². The number of carbonyl (C=O) groups excluding carboxylic acids is 1. The molecule has 5 rings (SSSR count). The average molecular weight is 395 g/mol. The minimum Gasteiger partial charge on any atom is -0.311 e. The van der Waals surface area contributed by atoms with Crippen molar-refractivity contribution in [3.63, 3.8) is 0 Å². The van der Waals surface area contributed by atoms with E-state index in [2.05, 4.69) is 30.0 Å². The van der Waals surface area contributed by atoms with E-state index in [1.807, 2.05) is 4.90 Å². The van der Waals surface area contributed by atoms with Gasteiger partial charge in [-0.25, -0.2) is 0 Å². The molecule has 1 aromatic rings. The molecule has 1 aromatic carbocycles. The Balaban J connectivity index is 1.26. The Labute approximate surface area is 176 Å². The second-order valence-corrected chi connectivity index (χ2v) is 10.8. The molecule has 4 aliphatic rings. The molecule has 2 aliphatic carbocycles. The van der Waals surface area contributed by atoms with Gasteiger partial charge in [-0.3, -0.25) is 4.79 Å². The van der Waals surface area contributed by atoms with Crippen LogP contribution in [0.5, 0.6) is 0 Å². The number of hydrogen-bond acceptors (Lipinski definition) is 2. The zero-order valence-corrected chi connectivity index (χ0v) is 18.5. The number of nitrogens with zero attached hydrogens (tertiary/aromatic N) is 2. The minimum absolute atomic E-state index is 0.184. The van der Waals surface area contributed by atoms with E-state index in [9.17, 15) is 4.79 Å². The number of benzene rings is 1. The van der Waals surface area contributed by atoms with E-state index < -0.39 is 0 Å². The van der Waals surface area contributed by atoms with Crippen molar-refractivity contribution in [3.05, 3.63) is 29.3 Å². The van der Waals surface area contributed by atoms with Crippen molar-refractivity contribution in [2.45, 2.75) is 77.0 Å². The molecule has 3 unspecified atom stereocenters. The van der Waals surface area contributed by atoms with Crippen molar-refractivity contribution in [3.8, 4) is 0 Å². The molecule has 1 saturated heterocycles. The molecule has 0 aromatic heterocycles. The lowest BCUT2D eigenvalue weighted by Crippen LogP contribution is -2.47. The monoisotopic (exact) mass is 394 g/mol.